The lowest BCUT2D eigenvalue weighted by atomic mass is 10.1. The topological polar surface area (TPSA) is 92.3 Å². The third-order valence-electron chi connectivity index (χ3n) is 4.91. The molecule has 7 heteroatoms. The fourth-order valence-corrected chi connectivity index (χ4v) is 3.58. The van der Waals surface area contributed by atoms with E-state index in [2.05, 4.69) is 16.0 Å². The highest BCUT2D eigenvalue weighted by Crippen LogP contribution is 2.21. The van der Waals surface area contributed by atoms with Gasteiger partial charge in [-0.15, -0.1) is 0 Å². The summed E-state index contributed by atoms with van der Waals surface area (Å²) in [6.07, 6.45) is 5.19. The second-order valence-electron chi connectivity index (χ2n) is 6.68. The molecule has 1 aliphatic heterocycles. The van der Waals surface area contributed by atoms with Crippen molar-refractivity contribution >= 4 is 11.3 Å². The van der Waals surface area contributed by atoms with Crippen LogP contribution in [0.3, 0.4) is 0 Å². The standard InChI is InChI=1S/C19H20N6O/c20-9-14-4-1-2-5-15(14)11-24-18(23-7-3-6-16(21)12-23)8-17-10-22-13-25(17)19(24)26/h1-2,4-5,8,10,13,16H,3,6-7,11-12,21H2. The molecule has 1 aromatic carbocycles. The summed E-state index contributed by atoms with van der Waals surface area (Å²) in [7, 11) is 0. The van der Waals surface area contributed by atoms with Crippen molar-refractivity contribution in [3.05, 3.63) is 64.5 Å². The van der Waals surface area contributed by atoms with Crippen LogP contribution in [0.25, 0.3) is 5.52 Å². The van der Waals surface area contributed by atoms with Crippen molar-refractivity contribution in [3.63, 3.8) is 0 Å². The summed E-state index contributed by atoms with van der Waals surface area (Å²) in [4.78, 5) is 19.3. The van der Waals surface area contributed by atoms with Gasteiger partial charge in [-0.1, -0.05) is 18.2 Å². The highest BCUT2D eigenvalue weighted by molar-refractivity contribution is 5.56. The van der Waals surface area contributed by atoms with Gasteiger partial charge in [0.1, 0.15) is 12.1 Å². The lowest BCUT2D eigenvalue weighted by Crippen LogP contribution is -2.45. The first-order valence-electron chi connectivity index (χ1n) is 8.72. The van der Waals surface area contributed by atoms with Gasteiger partial charge >= 0.3 is 5.69 Å². The second kappa shape index (κ2) is 6.65. The van der Waals surface area contributed by atoms with E-state index in [1.807, 2.05) is 24.3 Å². The van der Waals surface area contributed by atoms with Gasteiger partial charge in [0.15, 0.2) is 0 Å². The van der Waals surface area contributed by atoms with Gasteiger partial charge in [0.05, 0.1) is 29.9 Å². The molecule has 2 aromatic heterocycles. The van der Waals surface area contributed by atoms with E-state index in [1.165, 1.54) is 10.7 Å². The lowest BCUT2D eigenvalue weighted by Gasteiger charge is -2.34. The summed E-state index contributed by atoms with van der Waals surface area (Å²) >= 11 is 0. The average Bonchev–Trinajstić information content (AvgIpc) is 3.13. The Balaban J connectivity index is 1.86. The van der Waals surface area contributed by atoms with Gasteiger partial charge in [-0.3, -0.25) is 8.97 Å². The Hall–Kier alpha value is -3.11. The minimum absolute atomic E-state index is 0.0971. The third-order valence-corrected chi connectivity index (χ3v) is 4.91. The maximum atomic E-state index is 13.1. The molecule has 1 unspecified atom stereocenters. The molecule has 0 spiro atoms. The summed E-state index contributed by atoms with van der Waals surface area (Å²) in [6.45, 7) is 1.90. The smallest absolute Gasteiger partial charge is 0.335 e. The molecule has 26 heavy (non-hydrogen) atoms. The van der Waals surface area contributed by atoms with Gasteiger partial charge in [0.25, 0.3) is 0 Å². The SMILES string of the molecule is N#Cc1ccccc1Cn1c(N2CCCC(N)C2)cc2cncn2c1=O. The molecular formula is C19H20N6O. The van der Waals surface area contributed by atoms with E-state index in [0.717, 1.165) is 36.3 Å². The van der Waals surface area contributed by atoms with Crippen LogP contribution in [0.2, 0.25) is 0 Å². The van der Waals surface area contributed by atoms with E-state index in [0.29, 0.717) is 18.7 Å². The first kappa shape index (κ1) is 16.4. The highest BCUT2D eigenvalue weighted by Gasteiger charge is 2.21. The monoisotopic (exact) mass is 348 g/mol. The number of rotatable bonds is 3. The first-order valence-corrected chi connectivity index (χ1v) is 8.72. The zero-order valence-electron chi connectivity index (χ0n) is 14.4. The maximum absolute atomic E-state index is 13.1. The number of nitrogens with zero attached hydrogens (tertiary/aromatic N) is 5. The van der Waals surface area contributed by atoms with E-state index in [1.54, 1.807) is 16.8 Å². The van der Waals surface area contributed by atoms with E-state index in [-0.39, 0.29) is 11.7 Å². The largest absolute Gasteiger partial charge is 0.356 e. The number of benzene rings is 1. The van der Waals surface area contributed by atoms with Crippen LogP contribution in [-0.4, -0.2) is 33.1 Å². The van der Waals surface area contributed by atoms with Crippen LogP contribution >= 0.6 is 0 Å². The fourth-order valence-electron chi connectivity index (χ4n) is 3.58. The number of hydrogen-bond donors (Lipinski definition) is 1. The molecule has 0 amide bonds. The minimum atomic E-state index is -0.165. The molecule has 1 aliphatic rings. The molecule has 3 aromatic rings. The quantitative estimate of drug-likeness (QED) is 0.771. The molecule has 0 radical (unpaired) electrons. The van der Waals surface area contributed by atoms with Crippen molar-refractivity contribution < 1.29 is 0 Å². The molecule has 1 saturated heterocycles. The van der Waals surface area contributed by atoms with Crippen LogP contribution in [0.5, 0.6) is 0 Å². The molecule has 2 N–H and O–H groups in total. The normalized spacial score (nSPS) is 17.4. The van der Waals surface area contributed by atoms with Crippen molar-refractivity contribution in [2.75, 3.05) is 18.0 Å². The Labute approximate surface area is 150 Å². The van der Waals surface area contributed by atoms with E-state index >= 15 is 0 Å². The number of nitrogens with two attached hydrogens (primary N) is 1. The molecule has 132 valence electrons. The molecule has 0 aliphatic carbocycles. The highest BCUT2D eigenvalue weighted by atomic mass is 16.1. The number of aromatic nitrogens is 3. The van der Waals surface area contributed by atoms with E-state index < -0.39 is 0 Å². The summed E-state index contributed by atoms with van der Waals surface area (Å²) in [6, 6.07) is 11.6. The van der Waals surface area contributed by atoms with Crippen LogP contribution < -0.4 is 16.3 Å². The number of anilines is 1. The zero-order valence-corrected chi connectivity index (χ0v) is 14.4. The molecule has 0 saturated carbocycles. The van der Waals surface area contributed by atoms with E-state index in [4.69, 9.17) is 5.73 Å². The molecule has 1 fully saturated rings. The Kier molecular flexibility index (Phi) is 4.19. The summed E-state index contributed by atoms with van der Waals surface area (Å²) in [5, 5.41) is 9.38. The zero-order chi connectivity index (χ0) is 18.1. The van der Waals surface area contributed by atoms with Crippen molar-refractivity contribution in [1.82, 2.24) is 14.0 Å². The lowest BCUT2D eigenvalue weighted by molar-refractivity contribution is 0.494. The summed E-state index contributed by atoms with van der Waals surface area (Å²) in [5.74, 6) is 0.825. The van der Waals surface area contributed by atoms with Crippen molar-refractivity contribution in [3.8, 4) is 6.07 Å². The number of nitriles is 1. The summed E-state index contributed by atoms with van der Waals surface area (Å²) < 4.78 is 3.24. The maximum Gasteiger partial charge on any atom is 0.335 e. The van der Waals surface area contributed by atoms with Crippen LogP contribution in [0.4, 0.5) is 5.82 Å². The first-order chi connectivity index (χ1) is 12.7. The molecule has 4 rings (SSSR count). The van der Waals surface area contributed by atoms with Gasteiger partial charge in [-0.05, 0) is 24.5 Å². The Bertz CT molecular complexity index is 1040. The number of piperidine rings is 1. The van der Waals surface area contributed by atoms with Crippen LogP contribution in [0.15, 0.2) is 47.7 Å². The predicted molar refractivity (Wildman–Crippen MR) is 99.1 cm³/mol. The Morgan fingerprint density at radius 2 is 2.19 bits per heavy atom. The molecular weight excluding hydrogens is 328 g/mol. The van der Waals surface area contributed by atoms with Gasteiger partial charge < -0.3 is 10.6 Å². The Morgan fingerprint density at radius 1 is 1.35 bits per heavy atom. The average molecular weight is 348 g/mol. The van der Waals surface area contributed by atoms with Gasteiger partial charge in [0, 0.05) is 25.2 Å². The summed E-state index contributed by atoms with van der Waals surface area (Å²) in [5.41, 5.74) is 8.14. The van der Waals surface area contributed by atoms with Gasteiger partial charge in [0.2, 0.25) is 0 Å². The second-order valence-corrected chi connectivity index (χ2v) is 6.68. The van der Waals surface area contributed by atoms with Gasteiger partial charge in [-0.25, -0.2) is 9.78 Å². The van der Waals surface area contributed by atoms with Gasteiger partial charge in [-0.2, -0.15) is 5.26 Å². The number of imidazole rings is 1. The third kappa shape index (κ3) is 2.85. The van der Waals surface area contributed by atoms with Crippen molar-refractivity contribution in [1.29, 1.82) is 5.26 Å². The van der Waals surface area contributed by atoms with Crippen molar-refractivity contribution in [2.24, 2.45) is 5.73 Å². The number of fused-ring (bicyclic) bond motifs is 1. The van der Waals surface area contributed by atoms with E-state index in [9.17, 15) is 10.1 Å². The predicted octanol–water partition coefficient (Wildman–Crippen LogP) is 1.34. The molecule has 1 atom stereocenters. The molecule has 0 bridgehead atoms. The Morgan fingerprint density at radius 3 is 3.00 bits per heavy atom. The van der Waals surface area contributed by atoms with Crippen LogP contribution in [0, 0.1) is 11.3 Å². The molecule has 7 nitrogen and oxygen atoms in total. The number of hydrogen-bond acceptors (Lipinski definition) is 5. The molecule has 3 heterocycles. The van der Waals surface area contributed by atoms with Crippen molar-refractivity contribution in [2.45, 2.75) is 25.4 Å². The van der Waals surface area contributed by atoms with Crippen LogP contribution in [0.1, 0.15) is 24.0 Å². The fraction of sp³-hybridized carbons (Fsp3) is 0.316. The van der Waals surface area contributed by atoms with Crippen LogP contribution in [-0.2, 0) is 6.54 Å². The minimum Gasteiger partial charge on any atom is -0.356 e.